The number of carboxylic acid groups (broad SMARTS) is 1. The van der Waals surface area contributed by atoms with Crippen LogP contribution in [0.4, 0.5) is 0 Å². The van der Waals surface area contributed by atoms with Gasteiger partial charge in [0.15, 0.2) is 5.69 Å². The van der Waals surface area contributed by atoms with E-state index in [4.69, 9.17) is 16.7 Å². The average molecular weight is 345 g/mol. The van der Waals surface area contributed by atoms with Gasteiger partial charge in [-0.2, -0.15) is 10.4 Å². The summed E-state index contributed by atoms with van der Waals surface area (Å²) in [6.07, 6.45) is 0.511. The van der Waals surface area contributed by atoms with E-state index in [2.05, 4.69) is 5.10 Å². The molecule has 3 rings (SSSR count). The lowest BCUT2D eigenvalue weighted by Gasteiger charge is -2.26. The number of nitriles is 1. The first-order chi connectivity index (χ1) is 11.4. The maximum Gasteiger partial charge on any atom is 0.335 e. The van der Waals surface area contributed by atoms with Crippen LogP contribution >= 0.6 is 11.6 Å². The molecular weight excluding hydrogens is 332 g/mol. The molecule has 1 N–H and O–H groups in total. The first-order valence-electron chi connectivity index (χ1n) is 7.22. The fourth-order valence-corrected chi connectivity index (χ4v) is 2.98. The van der Waals surface area contributed by atoms with Gasteiger partial charge in [-0.25, -0.2) is 9.48 Å². The summed E-state index contributed by atoms with van der Waals surface area (Å²) in [7, 11) is 0. The summed E-state index contributed by atoms with van der Waals surface area (Å²) in [6.45, 7) is 2.30. The van der Waals surface area contributed by atoms with Gasteiger partial charge in [0.05, 0.1) is 28.5 Å². The number of aromatic carboxylic acids is 1. The van der Waals surface area contributed by atoms with Crippen molar-refractivity contribution in [1.29, 1.82) is 5.26 Å². The minimum absolute atomic E-state index is 0.0665. The van der Waals surface area contributed by atoms with Crippen LogP contribution in [0.1, 0.15) is 34.2 Å². The number of amides is 1. The minimum atomic E-state index is -1.07. The minimum Gasteiger partial charge on any atom is -0.478 e. The van der Waals surface area contributed by atoms with Gasteiger partial charge in [-0.15, -0.1) is 0 Å². The van der Waals surface area contributed by atoms with Gasteiger partial charge in [-0.05, 0) is 18.2 Å². The molecule has 0 bridgehead atoms. The SMILES string of the molecule is CC(=O)N1CCc2c(c(C#N)nn2-c2cc(C(=O)O)ccc2Cl)C1. The molecule has 24 heavy (non-hydrogen) atoms. The van der Waals surface area contributed by atoms with Crippen molar-refractivity contribution >= 4 is 23.5 Å². The van der Waals surface area contributed by atoms with Crippen LogP contribution in [-0.2, 0) is 17.8 Å². The molecule has 0 saturated heterocycles. The number of carbonyl (C=O) groups excluding carboxylic acids is 1. The molecule has 0 radical (unpaired) electrons. The summed E-state index contributed by atoms with van der Waals surface area (Å²) in [4.78, 5) is 24.4. The number of hydrogen-bond donors (Lipinski definition) is 1. The fraction of sp³-hybridized carbons (Fsp3) is 0.250. The fourth-order valence-electron chi connectivity index (χ4n) is 2.78. The Balaban J connectivity index is 2.15. The van der Waals surface area contributed by atoms with E-state index in [9.17, 15) is 14.9 Å². The number of hydrogen-bond acceptors (Lipinski definition) is 4. The highest BCUT2D eigenvalue weighted by Crippen LogP contribution is 2.29. The lowest BCUT2D eigenvalue weighted by molar-refractivity contribution is -0.129. The Morgan fingerprint density at radius 3 is 2.79 bits per heavy atom. The monoisotopic (exact) mass is 344 g/mol. The number of rotatable bonds is 2. The van der Waals surface area contributed by atoms with E-state index >= 15 is 0 Å². The van der Waals surface area contributed by atoms with Crippen LogP contribution in [0.5, 0.6) is 0 Å². The smallest absolute Gasteiger partial charge is 0.335 e. The standard InChI is InChI=1S/C16H13ClN4O3/c1-9(22)20-5-4-14-11(8-20)13(7-18)19-21(14)15-6-10(16(23)24)2-3-12(15)17/h2-3,6H,4-5,8H2,1H3,(H,23,24). The Kier molecular flexibility index (Phi) is 3.99. The highest BCUT2D eigenvalue weighted by atomic mass is 35.5. The molecule has 1 aromatic carbocycles. The van der Waals surface area contributed by atoms with Gasteiger partial charge in [-0.3, -0.25) is 4.79 Å². The largest absolute Gasteiger partial charge is 0.478 e. The van der Waals surface area contributed by atoms with Crippen LogP contribution in [0.15, 0.2) is 18.2 Å². The zero-order valence-electron chi connectivity index (χ0n) is 12.8. The summed E-state index contributed by atoms with van der Waals surface area (Å²) >= 11 is 6.21. The highest BCUT2D eigenvalue weighted by molar-refractivity contribution is 6.32. The van der Waals surface area contributed by atoms with Crippen LogP contribution in [0.3, 0.4) is 0 Å². The number of carboxylic acids is 1. The van der Waals surface area contributed by atoms with Crippen molar-refractivity contribution in [3.8, 4) is 11.8 Å². The molecule has 122 valence electrons. The van der Waals surface area contributed by atoms with Gasteiger partial charge in [0.2, 0.25) is 5.91 Å². The van der Waals surface area contributed by atoms with Gasteiger partial charge >= 0.3 is 5.97 Å². The number of fused-ring (bicyclic) bond motifs is 1. The van der Waals surface area contributed by atoms with Gasteiger partial charge in [-0.1, -0.05) is 11.6 Å². The summed E-state index contributed by atoms with van der Waals surface area (Å²) in [5.41, 5.74) is 2.15. The van der Waals surface area contributed by atoms with Gasteiger partial charge < -0.3 is 10.0 Å². The van der Waals surface area contributed by atoms with E-state index in [0.29, 0.717) is 35.8 Å². The number of benzene rings is 1. The van der Waals surface area contributed by atoms with E-state index in [1.165, 1.54) is 29.8 Å². The second kappa shape index (κ2) is 5.98. The molecule has 1 aromatic heterocycles. The Hall–Kier alpha value is -2.85. The number of halogens is 1. The molecule has 0 saturated carbocycles. The summed E-state index contributed by atoms with van der Waals surface area (Å²) in [5.74, 6) is -1.14. The zero-order chi connectivity index (χ0) is 17.4. The quantitative estimate of drug-likeness (QED) is 0.898. The number of carbonyl (C=O) groups is 2. The molecule has 8 heteroatoms. The van der Waals surface area contributed by atoms with Gasteiger partial charge in [0, 0.05) is 25.5 Å². The third-order valence-corrected chi connectivity index (χ3v) is 4.35. The Bertz CT molecular complexity index is 897. The molecule has 7 nitrogen and oxygen atoms in total. The first kappa shape index (κ1) is 16.0. The molecule has 1 amide bonds. The van der Waals surface area contributed by atoms with E-state index < -0.39 is 5.97 Å². The lowest BCUT2D eigenvalue weighted by atomic mass is 10.1. The molecule has 2 heterocycles. The number of nitrogens with zero attached hydrogens (tertiary/aromatic N) is 4. The van der Waals surface area contributed by atoms with E-state index in [1.807, 2.05) is 6.07 Å². The Morgan fingerprint density at radius 2 is 2.17 bits per heavy atom. The summed E-state index contributed by atoms with van der Waals surface area (Å²) < 4.78 is 1.51. The molecular formula is C16H13ClN4O3. The van der Waals surface area contributed by atoms with E-state index in [0.717, 1.165) is 5.69 Å². The van der Waals surface area contributed by atoms with Crippen LogP contribution < -0.4 is 0 Å². The first-order valence-corrected chi connectivity index (χ1v) is 7.59. The second-order valence-corrected chi connectivity index (χ2v) is 5.87. The average Bonchev–Trinajstić information content (AvgIpc) is 2.92. The van der Waals surface area contributed by atoms with Crippen LogP contribution in [0.25, 0.3) is 5.69 Å². The summed E-state index contributed by atoms with van der Waals surface area (Å²) in [5, 5.41) is 23.1. The van der Waals surface area contributed by atoms with Crippen molar-refractivity contribution < 1.29 is 14.7 Å². The highest BCUT2D eigenvalue weighted by Gasteiger charge is 2.27. The van der Waals surface area contributed by atoms with Crippen LogP contribution in [-0.4, -0.2) is 38.2 Å². The third-order valence-electron chi connectivity index (χ3n) is 4.03. The van der Waals surface area contributed by atoms with Crippen molar-refractivity contribution in [2.75, 3.05) is 6.54 Å². The van der Waals surface area contributed by atoms with Crippen molar-refractivity contribution in [2.24, 2.45) is 0 Å². The van der Waals surface area contributed by atoms with Crippen LogP contribution in [0, 0.1) is 11.3 Å². The second-order valence-electron chi connectivity index (χ2n) is 5.46. The molecule has 0 fully saturated rings. The molecule has 0 atom stereocenters. The van der Waals surface area contributed by atoms with Gasteiger partial charge in [0.1, 0.15) is 6.07 Å². The molecule has 1 aliphatic rings. The molecule has 1 aliphatic heterocycles. The third kappa shape index (κ3) is 2.61. The molecule has 0 spiro atoms. The maximum atomic E-state index is 11.6. The normalized spacial score (nSPS) is 13.3. The maximum absolute atomic E-state index is 11.6. The molecule has 2 aromatic rings. The zero-order valence-corrected chi connectivity index (χ0v) is 13.5. The van der Waals surface area contributed by atoms with E-state index in [1.54, 1.807) is 4.90 Å². The topological polar surface area (TPSA) is 99.2 Å². The Morgan fingerprint density at radius 1 is 1.42 bits per heavy atom. The van der Waals surface area contributed by atoms with E-state index in [-0.39, 0.29) is 17.2 Å². The predicted molar refractivity (Wildman–Crippen MR) is 85.0 cm³/mol. The lowest BCUT2D eigenvalue weighted by Crippen LogP contribution is -2.34. The van der Waals surface area contributed by atoms with Gasteiger partial charge in [0.25, 0.3) is 0 Å². The predicted octanol–water partition coefficient (Wildman–Crippen LogP) is 2.00. The number of aromatic nitrogens is 2. The van der Waals surface area contributed by atoms with Crippen molar-refractivity contribution in [1.82, 2.24) is 14.7 Å². The molecule has 0 aliphatic carbocycles. The Labute approximate surface area is 142 Å². The summed E-state index contributed by atoms with van der Waals surface area (Å²) in [6, 6.07) is 6.36. The molecule has 0 unspecified atom stereocenters. The van der Waals surface area contributed by atoms with Crippen molar-refractivity contribution in [2.45, 2.75) is 19.9 Å². The van der Waals surface area contributed by atoms with Crippen LogP contribution in [0.2, 0.25) is 5.02 Å². The van der Waals surface area contributed by atoms with Crippen molar-refractivity contribution in [3.05, 3.63) is 45.7 Å². The van der Waals surface area contributed by atoms with Crippen molar-refractivity contribution in [3.63, 3.8) is 0 Å².